The van der Waals surface area contributed by atoms with Gasteiger partial charge in [0, 0.05) is 63.3 Å². The number of benzene rings is 5. The molecule has 1 aliphatic carbocycles. The molecule has 9 nitrogen and oxygen atoms in total. The van der Waals surface area contributed by atoms with Gasteiger partial charge in [-0.05, 0) is 73.9 Å². The molecule has 0 spiro atoms. The van der Waals surface area contributed by atoms with Crippen LogP contribution in [0.5, 0.6) is 5.75 Å². The molecule has 2 aliphatic rings. The Morgan fingerprint density at radius 2 is 1.67 bits per heavy atom. The Bertz CT molecular complexity index is 2480. The molecule has 2 heterocycles. The molecule has 51 heavy (non-hydrogen) atoms. The summed E-state index contributed by atoms with van der Waals surface area (Å²) in [5.74, 6) is 1.10. The molecule has 0 atom stereocenters. The van der Waals surface area contributed by atoms with Crippen molar-refractivity contribution in [3.63, 3.8) is 0 Å². The van der Waals surface area contributed by atoms with Crippen LogP contribution in [0.2, 0.25) is 5.02 Å². The van der Waals surface area contributed by atoms with Gasteiger partial charge >= 0.3 is 0 Å². The van der Waals surface area contributed by atoms with Crippen LogP contribution in [-0.4, -0.2) is 55.7 Å². The van der Waals surface area contributed by atoms with Crippen molar-refractivity contribution in [3.8, 4) is 17.2 Å². The molecule has 0 saturated carbocycles. The van der Waals surface area contributed by atoms with Gasteiger partial charge < -0.3 is 19.8 Å². The van der Waals surface area contributed by atoms with Gasteiger partial charge in [-0.15, -0.1) is 0 Å². The van der Waals surface area contributed by atoms with E-state index >= 15 is 0 Å². The lowest BCUT2D eigenvalue weighted by Gasteiger charge is -2.13. The van der Waals surface area contributed by atoms with E-state index in [1.165, 1.54) is 0 Å². The van der Waals surface area contributed by atoms with Gasteiger partial charge in [0.25, 0.3) is 5.91 Å². The van der Waals surface area contributed by atoms with Crippen molar-refractivity contribution in [2.45, 2.75) is 26.2 Å². The summed E-state index contributed by atoms with van der Waals surface area (Å²) in [6.07, 6.45) is 1.77. The lowest BCUT2D eigenvalue weighted by atomic mass is 10.1. The van der Waals surface area contributed by atoms with Crippen molar-refractivity contribution in [2.75, 3.05) is 39.6 Å². The third-order valence-electron chi connectivity index (χ3n) is 9.31. The van der Waals surface area contributed by atoms with Gasteiger partial charge in [-0.1, -0.05) is 35.9 Å². The number of aromatic nitrogens is 2. The first-order valence-corrected chi connectivity index (χ1v) is 17.3. The molecule has 0 unspecified atom stereocenters. The van der Waals surface area contributed by atoms with Gasteiger partial charge in [0.15, 0.2) is 11.3 Å². The lowest BCUT2D eigenvalue weighted by molar-refractivity contribution is -0.120. The maximum atomic E-state index is 13.6. The molecule has 0 saturated heterocycles. The lowest BCUT2D eigenvalue weighted by Crippen LogP contribution is -2.26. The average molecular weight is 701 g/mol. The van der Waals surface area contributed by atoms with Crippen LogP contribution >= 0.6 is 11.6 Å². The van der Waals surface area contributed by atoms with Gasteiger partial charge in [0.05, 0.1) is 25.1 Å². The maximum Gasteiger partial charge on any atom is 0.262 e. The van der Waals surface area contributed by atoms with E-state index in [0.29, 0.717) is 28.6 Å². The Morgan fingerprint density at radius 1 is 0.902 bits per heavy atom. The predicted octanol–water partition coefficient (Wildman–Crippen LogP) is 7.28. The zero-order valence-electron chi connectivity index (χ0n) is 29.0. The zero-order chi connectivity index (χ0) is 35.6. The van der Waals surface area contributed by atoms with Crippen LogP contribution in [-0.2, 0) is 11.2 Å². The molecule has 1 amide bonds. The topological polar surface area (TPSA) is 101 Å². The molecule has 0 fully saturated rings. The number of carbonyl (C=O) groups is 2. The van der Waals surface area contributed by atoms with Crippen molar-refractivity contribution in [3.05, 3.63) is 118 Å². The fourth-order valence-electron chi connectivity index (χ4n) is 6.59. The highest BCUT2D eigenvalue weighted by molar-refractivity contribution is 6.30. The van der Waals surface area contributed by atoms with Gasteiger partial charge in [0.1, 0.15) is 31.1 Å². The molecule has 10 heteroatoms. The second-order valence-corrected chi connectivity index (χ2v) is 13.3. The van der Waals surface area contributed by atoms with E-state index in [-0.39, 0.29) is 18.2 Å². The van der Waals surface area contributed by atoms with Crippen molar-refractivity contribution in [2.24, 2.45) is 0 Å². The molecule has 258 valence electrons. The van der Waals surface area contributed by atoms with Crippen molar-refractivity contribution >= 4 is 61.9 Å². The van der Waals surface area contributed by atoms with Gasteiger partial charge in [0.2, 0.25) is 11.3 Å². The number of anilines is 1. The fraction of sp³-hybridized carbons (Fsp3) is 0.220. The van der Waals surface area contributed by atoms with Crippen LogP contribution in [0.1, 0.15) is 34.5 Å². The highest BCUT2D eigenvalue weighted by atomic mass is 35.5. The monoisotopic (exact) mass is 700 g/mol. The number of nitrogens with one attached hydrogen (secondary N) is 2. The Morgan fingerprint density at radius 3 is 2.43 bits per heavy atom. The minimum atomic E-state index is -0.186. The highest BCUT2D eigenvalue weighted by Gasteiger charge is 2.22. The Balaban J connectivity index is 1.02. The summed E-state index contributed by atoms with van der Waals surface area (Å²) < 4.78 is 15.6. The molecule has 4 aromatic carbocycles. The number of ether oxygens (including phenoxy) is 1. The van der Waals surface area contributed by atoms with Crippen LogP contribution in [0, 0.1) is 6.92 Å². The second kappa shape index (κ2) is 14.3. The van der Waals surface area contributed by atoms with E-state index in [2.05, 4.69) is 22.8 Å². The first-order chi connectivity index (χ1) is 24.7. The molecule has 2 N–H and O–H groups in total. The number of rotatable bonds is 10. The first kappa shape index (κ1) is 33.8. The smallest absolute Gasteiger partial charge is 0.262 e. The number of fused-ring (bicyclic) bond motifs is 5. The van der Waals surface area contributed by atoms with Crippen LogP contribution in [0.25, 0.3) is 44.2 Å². The summed E-state index contributed by atoms with van der Waals surface area (Å²) >= 11 is 6.06. The summed E-state index contributed by atoms with van der Waals surface area (Å²) in [7, 11) is 5.61. The van der Waals surface area contributed by atoms with E-state index in [9.17, 15) is 9.59 Å². The van der Waals surface area contributed by atoms with Gasteiger partial charge in [-0.25, -0.2) is 9.56 Å². The zero-order valence-corrected chi connectivity index (χ0v) is 29.8. The summed E-state index contributed by atoms with van der Waals surface area (Å²) in [5.41, 5.74) is 6.07. The highest BCUT2D eigenvalue weighted by Crippen LogP contribution is 2.34. The fourth-order valence-corrected chi connectivity index (χ4v) is 6.71. The molecule has 1 aliphatic heterocycles. The quantitative estimate of drug-likeness (QED) is 0.0673. The molecule has 5 aromatic rings. The minimum absolute atomic E-state index is 0.105. The number of hydrogen-bond donors (Lipinski definition) is 2. The van der Waals surface area contributed by atoms with E-state index < -0.39 is 0 Å². The molecule has 0 bridgehead atoms. The standard InChI is InChI=1S/C41H38ClN5O4/c1-25-32(33-22-29(50-4)16-18-36(33)47(25)41(49)26-11-13-27(42)14-12-26)23-39(48)44-20-8-7-19-43-35-24-38-40(31-10-6-5-9-30(31)35)45-34-17-15-28(46(2)3)21-37(34)51-38/h5-6,9-18,21-22,24H,7-8,19-20,23H2,1-4H3,(H,44,48)/p+1. The van der Waals surface area contributed by atoms with Crippen LogP contribution in [0.4, 0.5) is 5.69 Å². The maximum absolute atomic E-state index is 13.6. The van der Waals surface area contributed by atoms with E-state index in [4.69, 9.17) is 25.7 Å². The average Bonchev–Trinajstić information content (AvgIpc) is 3.41. The summed E-state index contributed by atoms with van der Waals surface area (Å²) in [4.78, 5) is 31.8. The second-order valence-electron chi connectivity index (χ2n) is 12.8. The largest absolute Gasteiger partial charge is 0.497 e. The third-order valence-corrected chi connectivity index (χ3v) is 9.56. The molecule has 1 aromatic heterocycles. The van der Waals surface area contributed by atoms with Crippen molar-refractivity contribution in [1.82, 2.24) is 19.4 Å². The van der Waals surface area contributed by atoms with E-state index in [1.807, 2.05) is 80.2 Å². The predicted molar refractivity (Wildman–Crippen MR) is 204 cm³/mol. The third kappa shape index (κ3) is 6.77. The summed E-state index contributed by atoms with van der Waals surface area (Å²) in [6, 6.07) is 28.6. The first-order valence-electron chi connectivity index (χ1n) is 17.0. The van der Waals surface area contributed by atoms with Crippen LogP contribution in [0.15, 0.2) is 95.4 Å². The summed E-state index contributed by atoms with van der Waals surface area (Å²) in [6.45, 7) is 3.12. The number of unbranched alkanes of at least 4 members (excludes halogenated alkanes) is 1. The molecular weight excluding hydrogens is 662 g/mol. The Hall–Kier alpha value is -5.67. The molecular formula is C41H39ClN5O4+. The Labute approximate surface area is 300 Å². The Kier molecular flexibility index (Phi) is 9.47. The van der Waals surface area contributed by atoms with E-state index in [1.54, 1.807) is 35.9 Å². The number of amides is 1. The van der Waals surface area contributed by atoms with Gasteiger partial charge in [-0.3, -0.25) is 14.2 Å². The van der Waals surface area contributed by atoms with Crippen molar-refractivity contribution in [1.29, 1.82) is 0 Å². The number of halogens is 1. The van der Waals surface area contributed by atoms with Gasteiger partial charge in [-0.2, -0.15) is 0 Å². The summed E-state index contributed by atoms with van der Waals surface area (Å²) in [5, 5.41) is 11.2. The number of methoxy groups -OCH3 is 1. The molecule has 7 rings (SSSR count). The van der Waals surface area contributed by atoms with Crippen LogP contribution in [0.3, 0.4) is 0 Å². The van der Waals surface area contributed by atoms with Crippen LogP contribution < -0.4 is 25.3 Å². The normalized spacial score (nSPS) is 11.4. The number of nitrogens with zero attached hydrogens (tertiary/aromatic N) is 3. The SMILES string of the molecule is COc1ccc2c(c1)c(CC(=O)NCCCCNc1cc3oc4cc(=[N+](C)C)ccc-4nc3c3ccccc13)c(C)n2C(=O)c1ccc(Cl)cc1. The minimum Gasteiger partial charge on any atom is -0.497 e. The molecule has 0 radical (unpaired) electrons. The van der Waals surface area contributed by atoms with E-state index in [0.717, 1.165) is 80.2 Å². The number of hydrogen-bond acceptors (Lipinski definition) is 6. The number of carbonyl (C=O) groups excluding carboxylic acids is 2. The van der Waals surface area contributed by atoms with Crippen molar-refractivity contribution < 1.29 is 18.7 Å².